The van der Waals surface area contributed by atoms with Gasteiger partial charge in [0.05, 0.1) is 6.61 Å². The Morgan fingerprint density at radius 3 is 2.65 bits per heavy atom. The van der Waals surface area contributed by atoms with Crippen LogP contribution >= 0.6 is 0 Å². The molecule has 0 aliphatic carbocycles. The molecule has 0 heterocycles. The molecule has 0 saturated heterocycles. The van der Waals surface area contributed by atoms with Crippen LogP contribution in [0.15, 0.2) is 24.3 Å². The number of ether oxygens (including phenoxy) is 1. The average Bonchev–Trinajstić information content (AvgIpc) is 2.40. The van der Waals surface area contributed by atoms with Crippen LogP contribution in [0.3, 0.4) is 0 Å². The van der Waals surface area contributed by atoms with Gasteiger partial charge in [0.1, 0.15) is 11.8 Å². The van der Waals surface area contributed by atoms with Gasteiger partial charge in [0.15, 0.2) is 0 Å². The molecular weight excluding hydrogens is 258 g/mol. The first kappa shape index (κ1) is 16.0. The summed E-state index contributed by atoms with van der Waals surface area (Å²) >= 11 is 0. The van der Waals surface area contributed by atoms with E-state index >= 15 is 0 Å². The third kappa shape index (κ3) is 5.30. The molecule has 1 atom stereocenters. The zero-order valence-electron chi connectivity index (χ0n) is 11.9. The zero-order valence-corrected chi connectivity index (χ0v) is 11.9. The van der Waals surface area contributed by atoms with Gasteiger partial charge >= 0.3 is 5.97 Å². The molecule has 0 aliphatic heterocycles. The predicted molar refractivity (Wildman–Crippen MR) is 75.3 cm³/mol. The SMILES string of the molecule is CCCCOC(=O)[C@H](Cc1ccccc1O)NC(C)=O. The van der Waals surface area contributed by atoms with Crippen molar-refractivity contribution >= 4 is 11.9 Å². The number of carbonyl (C=O) groups is 2. The summed E-state index contributed by atoms with van der Waals surface area (Å²) in [5, 5.41) is 12.3. The van der Waals surface area contributed by atoms with Crippen LogP contribution in [-0.4, -0.2) is 29.6 Å². The smallest absolute Gasteiger partial charge is 0.328 e. The van der Waals surface area contributed by atoms with Crippen molar-refractivity contribution < 1.29 is 19.4 Å². The number of hydrogen-bond acceptors (Lipinski definition) is 4. The molecule has 0 unspecified atom stereocenters. The molecule has 0 saturated carbocycles. The van der Waals surface area contributed by atoms with Crippen molar-refractivity contribution in [3.63, 3.8) is 0 Å². The van der Waals surface area contributed by atoms with Crippen LogP contribution in [-0.2, 0) is 20.7 Å². The molecule has 5 heteroatoms. The second-order valence-corrected chi connectivity index (χ2v) is 4.61. The van der Waals surface area contributed by atoms with E-state index < -0.39 is 12.0 Å². The molecule has 0 fully saturated rings. The van der Waals surface area contributed by atoms with E-state index in [1.165, 1.54) is 6.92 Å². The molecule has 0 spiro atoms. The van der Waals surface area contributed by atoms with Gasteiger partial charge in [0.25, 0.3) is 0 Å². The molecule has 2 N–H and O–H groups in total. The molecule has 110 valence electrons. The Morgan fingerprint density at radius 1 is 1.35 bits per heavy atom. The highest BCUT2D eigenvalue weighted by molar-refractivity contribution is 5.83. The summed E-state index contributed by atoms with van der Waals surface area (Å²) in [6.07, 6.45) is 1.92. The normalized spacial score (nSPS) is 11.7. The van der Waals surface area contributed by atoms with E-state index in [0.29, 0.717) is 12.2 Å². The van der Waals surface area contributed by atoms with Crippen molar-refractivity contribution in [2.45, 2.75) is 39.2 Å². The topological polar surface area (TPSA) is 75.6 Å². The van der Waals surface area contributed by atoms with E-state index in [1.807, 2.05) is 6.92 Å². The number of carbonyl (C=O) groups excluding carboxylic acids is 2. The number of rotatable bonds is 7. The fourth-order valence-corrected chi connectivity index (χ4v) is 1.76. The minimum Gasteiger partial charge on any atom is -0.508 e. The predicted octanol–water partition coefficient (Wildman–Crippen LogP) is 1.78. The Kier molecular flexibility index (Phi) is 6.56. The van der Waals surface area contributed by atoms with E-state index in [0.717, 1.165) is 12.8 Å². The minimum absolute atomic E-state index is 0.101. The number of esters is 1. The van der Waals surface area contributed by atoms with Crippen molar-refractivity contribution in [3.8, 4) is 5.75 Å². The Bertz CT molecular complexity index is 459. The molecule has 5 nitrogen and oxygen atoms in total. The van der Waals surface area contributed by atoms with Crippen molar-refractivity contribution in [1.29, 1.82) is 0 Å². The Morgan fingerprint density at radius 2 is 2.05 bits per heavy atom. The molecule has 1 amide bonds. The van der Waals surface area contributed by atoms with Gasteiger partial charge in [-0.05, 0) is 18.1 Å². The lowest BCUT2D eigenvalue weighted by Crippen LogP contribution is -2.42. The second-order valence-electron chi connectivity index (χ2n) is 4.61. The van der Waals surface area contributed by atoms with Gasteiger partial charge in [-0.1, -0.05) is 31.5 Å². The van der Waals surface area contributed by atoms with Crippen LogP contribution in [0.25, 0.3) is 0 Å². The van der Waals surface area contributed by atoms with E-state index in [4.69, 9.17) is 4.74 Å². The number of aromatic hydroxyl groups is 1. The molecule has 0 bridgehead atoms. The summed E-state index contributed by atoms with van der Waals surface area (Å²) in [4.78, 5) is 23.1. The van der Waals surface area contributed by atoms with Crippen molar-refractivity contribution in [3.05, 3.63) is 29.8 Å². The quantitative estimate of drug-likeness (QED) is 0.589. The number of unbranched alkanes of at least 4 members (excludes halogenated alkanes) is 1. The highest BCUT2D eigenvalue weighted by Crippen LogP contribution is 2.17. The maximum Gasteiger partial charge on any atom is 0.328 e. The fourth-order valence-electron chi connectivity index (χ4n) is 1.76. The molecule has 0 aromatic heterocycles. The van der Waals surface area contributed by atoms with Gasteiger partial charge in [-0.25, -0.2) is 4.79 Å². The highest BCUT2D eigenvalue weighted by atomic mass is 16.5. The summed E-state index contributed by atoms with van der Waals surface area (Å²) in [6.45, 7) is 3.69. The average molecular weight is 279 g/mol. The number of phenolic OH excluding ortho intramolecular Hbond substituents is 1. The van der Waals surface area contributed by atoms with Crippen LogP contribution in [0.2, 0.25) is 0 Å². The van der Waals surface area contributed by atoms with Crippen LogP contribution in [0.1, 0.15) is 32.3 Å². The lowest BCUT2D eigenvalue weighted by molar-refractivity contribution is -0.147. The van der Waals surface area contributed by atoms with Crippen molar-refractivity contribution in [2.75, 3.05) is 6.61 Å². The molecule has 0 radical (unpaired) electrons. The Balaban J connectivity index is 2.71. The maximum atomic E-state index is 12.0. The minimum atomic E-state index is -0.780. The largest absolute Gasteiger partial charge is 0.508 e. The fraction of sp³-hybridized carbons (Fsp3) is 0.467. The Hall–Kier alpha value is -2.04. The third-order valence-corrected chi connectivity index (χ3v) is 2.82. The number of phenols is 1. The summed E-state index contributed by atoms with van der Waals surface area (Å²) in [5.74, 6) is -0.682. The van der Waals surface area contributed by atoms with Crippen molar-refractivity contribution in [1.82, 2.24) is 5.32 Å². The number of nitrogens with one attached hydrogen (secondary N) is 1. The number of hydrogen-bond donors (Lipinski definition) is 2. The number of benzene rings is 1. The summed E-state index contributed by atoms with van der Waals surface area (Å²) < 4.78 is 5.12. The standard InChI is InChI=1S/C15H21NO4/c1-3-4-9-20-15(19)13(16-11(2)17)10-12-7-5-6-8-14(12)18/h5-8,13,18H,3-4,9-10H2,1-2H3,(H,16,17)/t13-/m0/s1. The second kappa shape index (κ2) is 8.19. The lowest BCUT2D eigenvalue weighted by Gasteiger charge is -2.17. The van der Waals surface area contributed by atoms with Crippen LogP contribution in [0, 0.1) is 0 Å². The van der Waals surface area contributed by atoms with Gasteiger partial charge in [-0.15, -0.1) is 0 Å². The van der Waals surface area contributed by atoms with E-state index in [-0.39, 0.29) is 18.1 Å². The van der Waals surface area contributed by atoms with Gasteiger partial charge in [0, 0.05) is 13.3 Å². The Labute approximate surface area is 118 Å². The van der Waals surface area contributed by atoms with E-state index in [2.05, 4.69) is 5.32 Å². The van der Waals surface area contributed by atoms with Gasteiger partial charge in [0.2, 0.25) is 5.91 Å². The van der Waals surface area contributed by atoms with Gasteiger partial charge in [-0.2, -0.15) is 0 Å². The first-order valence-corrected chi connectivity index (χ1v) is 6.75. The maximum absolute atomic E-state index is 12.0. The molecule has 1 rings (SSSR count). The summed E-state index contributed by atoms with van der Waals surface area (Å²) in [5.41, 5.74) is 0.596. The van der Waals surface area contributed by atoms with Gasteiger partial charge in [-0.3, -0.25) is 4.79 Å². The zero-order chi connectivity index (χ0) is 15.0. The number of para-hydroxylation sites is 1. The lowest BCUT2D eigenvalue weighted by atomic mass is 10.0. The monoisotopic (exact) mass is 279 g/mol. The highest BCUT2D eigenvalue weighted by Gasteiger charge is 2.22. The van der Waals surface area contributed by atoms with Crippen LogP contribution in [0.4, 0.5) is 0 Å². The molecule has 20 heavy (non-hydrogen) atoms. The van der Waals surface area contributed by atoms with E-state index in [9.17, 15) is 14.7 Å². The molecular formula is C15H21NO4. The van der Waals surface area contributed by atoms with Crippen LogP contribution < -0.4 is 5.32 Å². The van der Waals surface area contributed by atoms with E-state index in [1.54, 1.807) is 24.3 Å². The summed E-state index contributed by atoms with van der Waals surface area (Å²) in [7, 11) is 0. The molecule has 1 aromatic carbocycles. The molecule has 1 aromatic rings. The first-order chi connectivity index (χ1) is 9.54. The first-order valence-electron chi connectivity index (χ1n) is 6.75. The summed E-state index contributed by atoms with van der Waals surface area (Å²) in [6, 6.07) is 5.94. The van der Waals surface area contributed by atoms with Crippen molar-refractivity contribution in [2.24, 2.45) is 0 Å². The third-order valence-electron chi connectivity index (χ3n) is 2.82. The van der Waals surface area contributed by atoms with Gasteiger partial charge < -0.3 is 15.2 Å². The molecule has 0 aliphatic rings. The number of amides is 1. The van der Waals surface area contributed by atoms with Crippen LogP contribution in [0.5, 0.6) is 5.75 Å².